The predicted molar refractivity (Wildman–Crippen MR) is 72.8 cm³/mol. The van der Waals surface area contributed by atoms with E-state index in [1.807, 2.05) is 4.72 Å². The normalized spacial score (nSPS) is 16.2. The first-order valence-corrected chi connectivity index (χ1v) is 9.18. The Labute approximate surface area is 121 Å². The van der Waals surface area contributed by atoms with E-state index in [1.165, 1.54) is 24.3 Å². The summed E-state index contributed by atoms with van der Waals surface area (Å²) in [6.45, 7) is 0.524. The maximum atomic E-state index is 12.7. The first-order chi connectivity index (χ1) is 9.36. The van der Waals surface area contributed by atoms with Crippen molar-refractivity contribution in [1.29, 1.82) is 0 Å². The van der Waals surface area contributed by atoms with E-state index in [2.05, 4.69) is 0 Å². The van der Waals surface area contributed by atoms with Crippen molar-refractivity contribution in [1.82, 2.24) is 0 Å². The van der Waals surface area contributed by atoms with Gasteiger partial charge in [-0.3, -0.25) is 4.72 Å². The summed E-state index contributed by atoms with van der Waals surface area (Å²) in [4.78, 5) is 0. The lowest BCUT2D eigenvalue weighted by atomic mass is 10.2. The van der Waals surface area contributed by atoms with Crippen LogP contribution in [0.3, 0.4) is 0 Å². The van der Waals surface area contributed by atoms with Crippen LogP contribution in [0.25, 0.3) is 0 Å². The fourth-order valence-corrected chi connectivity index (χ4v) is 5.91. The quantitative estimate of drug-likeness (QED) is 0.885. The van der Waals surface area contributed by atoms with Crippen molar-refractivity contribution in [2.45, 2.75) is 17.7 Å². The number of rotatable bonds is 5. The van der Waals surface area contributed by atoms with E-state index in [9.17, 15) is 30.0 Å². The monoisotopic (exact) mass is 345 g/mol. The van der Waals surface area contributed by atoms with Gasteiger partial charge in [0.1, 0.15) is 0 Å². The molecule has 5 nitrogen and oxygen atoms in total. The molecule has 1 aromatic carbocycles. The van der Waals surface area contributed by atoms with Crippen molar-refractivity contribution in [2.75, 3.05) is 11.0 Å². The van der Waals surface area contributed by atoms with E-state index in [1.54, 1.807) is 6.07 Å². The van der Waals surface area contributed by atoms with Crippen LogP contribution in [0.2, 0.25) is 0 Å². The van der Waals surface area contributed by atoms with E-state index in [0.29, 0.717) is 13.2 Å². The molecule has 0 amide bonds. The summed E-state index contributed by atoms with van der Waals surface area (Å²) in [5, 5.41) is 0. The fourth-order valence-electron chi connectivity index (χ4n) is 1.75. The van der Waals surface area contributed by atoms with Gasteiger partial charge in [-0.2, -0.15) is 13.2 Å². The first-order valence-electron chi connectivity index (χ1n) is 5.68. The molecule has 2 atom stereocenters. The van der Waals surface area contributed by atoms with E-state index in [-0.39, 0.29) is 5.69 Å². The van der Waals surface area contributed by atoms with E-state index in [0.717, 1.165) is 0 Å². The number of benzene rings is 1. The van der Waals surface area contributed by atoms with Crippen LogP contribution < -0.4 is 4.72 Å². The second-order valence-corrected chi connectivity index (χ2v) is 8.81. The van der Waals surface area contributed by atoms with Crippen LogP contribution in [0.1, 0.15) is 6.92 Å². The van der Waals surface area contributed by atoms with Crippen molar-refractivity contribution in [3.63, 3.8) is 0 Å². The average Bonchev–Trinajstić information content (AvgIpc) is 2.25. The molecule has 21 heavy (non-hydrogen) atoms. The Bertz CT molecular complexity index is 684. The van der Waals surface area contributed by atoms with Gasteiger partial charge in [-0.25, -0.2) is 16.8 Å². The molecule has 0 aliphatic heterocycles. The predicted octanol–water partition coefficient (Wildman–Crippen LogP) is 2.00. The van der Waals surface area contributed by atoms with Gasteiger partial charge < -0.3 is 0 Å². The van der Waals surface area contributed by atoms with Crippen molar-refractivity contribution >= 4 is 25.5 Å². The minimum Gasteiger partial charge on any atom is -0.282 e. The number of para-hydroxylation sites is 1. The van der Waals surface area contributed by atoms with Crippen LogP contribution in [0.5, 0.6) is 0 Å². The van der Waals surface area contributed by atoms with E-state index in [4.69, 9.17) is 0 Å². The van der Waals surface area contributed by atoms with Gasteiger partial charge in [-0.05, 0) is 12.1 Å². The van der Waals surface area contributed by atoms with Crippen molar-refractivity contribution < 1.29 is 30.0 Å². The Morgan fingerprint density at radius 1 is 1.05 bits per heavy atom. The first kappa shape index (κ1) is 17.8. The molecule has 1 N–H and O–H groups in total. The fraction of sp³-hybridized carbons (Fsp3) is 0.455. The van der Waals surface area contributed by atoms with Crippen LogP contribution >= 0.6 is 0 Å². The van der Waals surface area contributed by atoms with Crippen molar-refractivity contribution in [3.05, 3.63) is 30.3 Å². The van der Waals surface area contributed by atoms with Gasteiger partial charge in [0.15, 0.2) is 14.4 Å². The number of halogens is 3. The molecule has 1 aromatic rings. The zero-order valence-electron chi connectivity index (χ0n) is 11.1. The molecule has 0 spiro atoms. The third kappa shape index (κ3) is 4.60. The van der Waals surface area contributed by atoms with Gasteiger partial charge in [0, 0.05) is 11.9 Å². The molecule has 0 saturated heterocycles. The zero-order chi connectivity index (χ0) is 16.5. The Balaban J connectivity index is 3.27. The van der Waals surface area contributed by atoms with Crippen LogP contribution in [-0.2, 0) is 19.9 Å². The summed E-state index contributed by atoms with van der Waals surface area (Å²) in [5.74, 6) is -2.56. The highest BCUT2D eigenvalue weighted by Gasteiger charge is 2.51. The number of sulfone groups is 1. The lowest BCUT2D eigenvalue weighted by Crippen LogP contribution is -2.44. The highest BCUT2D eigenvalue weighted by atomic mass is 32.3. The topological polar surface area (TPSA) is 80.3 Å². The van der Waals surface area contributed by atoms with Crippen LogP contribution in [0, 0.1) is 5.92 Å². The molecule has 0 bridgehead atoms. The third-order valence-electron chi connectivity index (χ3n) is 2.69. The minimum atomic E-state index is -4.96. The molecule has 0 aromatic heterocycles. The lowest BCUT2D eigenvalue weighted by Gasteiger charge is -2.25. The smallest absolute Gasteiger partial charge is 0.282 e. The van der Waals surface area contributed by atoms with Crippen molar-refractivity contribution in [2.24, 2.45) is 5.92 Å². The summed E-state index contributed by atoms with van der Waals surface area (Å²) >= 11 is 0. The number of anilines is 1. The zero-order valence-corrected chi connectivity index (χ0v) is 12.8. The Morgan fingerprint density at radius 3 is 1.90 bits per heavy atom. The van der Waals surface area contributed by atoms with Gasteiger partial charge in [0.05, 0.1) is 5.92 Å². The number of hydrogen-bond acceptors (Lipinski definition) is 4. The summed E-state index contributed by atoms with van der Waals surface area (Å²) in [7, 11) is -9.27. The maximum Gasteiger partial charge on any atom is 0.393 e. The number of hydrogen-bond donors (Lipinski definition) is 1. The van der Waals surface area contributed by atoms with Crippen LogP contribution in [0.4, 0.5) is 18.9 Å². The molecule has 2 unspecified atom stereocenters. The summed E-state index contributed by atoms with van der Waals surface area (Å²) in [6, 6.07) is 7.09. The van der Waals surface area contributed by atoms with Gasteiger partial charge in [-0.15, -0.1) is 0 Å². The van der Waals surface area contributed by atoms with Gasteiger partial charge >= 0.3 is 6.18 Å². The SMILES string of the molecule is CC(C(S(C)(=O)=O)S(=O)(=O)Nc1ccccc1)C(F)(F)F. The van der Waals surface area contributed by atoms with Gasteiger partial charge in [-0.1, -0.05) is 25.1 Å². The van der Waals surface area contributed by atoms with Crippen LogP contribution in [-0.4, -0.2) is 33.8 Å². The lowest BCUT2D eigenvalue weighted by molar-refractivity contribution is -0.165. The Morgan fingerprint density at radius 2 is 1.52 bits per heavy atom. The highest BCUT2D eigenvalue weighted by Crippen LogP contribution is 2.34. The molecule has 0 saturated carbocycles. The van der Waals surface area contributed by atoms with Crippen molar-refractivity contribution in [3.8, 4) is 0 Å². The second kappa shape index (κ2) is 5.84. The number of sulfonamides is 1. The molecule has 0 radical (unpaired) electrons. The molecule has 120 valence electrons. The summed E-state index contributed by atoms with van der Waals surface area (Å²) < 4.78 is 84.6. The maximum absolute atomic E-state index is 12.7. The minimum absolute atomic E-state index is 0.0134. The molecule has 0 fully saturated rings. The average molecular weight is 345 g/mol. The summed E-state index contributed by atoms with van der Waals surface area (Å²) in [6.07, 6.45) is -4.50. The van der Waals surface area contributed by atoms with E-state index >= 15 is 0 Å². The molecule has 1 rings (SSSR count). The number of alkyl halides is 3. The molecule has 0 heterocycles. The Hall–Kier alpha value is -1.29. The van der Waals surface area contributed by atoms with E-state index < -0.39 is 36.5 Å². The standard InChI is InChI=1S/C11H14F3NO4S2/c1-8(11(12,13)14)10(20(2,16)17)21(18,19)15-9-6-4-3-5-7-9/h3-8,10,15H,1-2H3. The molecule has 0 aliphatic rings. The molecule has 0 aliphatic carbocycles. The molecular weight excluding hydrogens is 331 g/mol. The third-order valence-corrected chi connectivity index (χ3v) is 7.29. The Kier molecular flexibility index (Phi) is 4.94. The second-order valence-electron chi connectivity index (χ2n) is 4.54. The van der Waals surface area contributed by atoms with Gasteiger partial charge in [0.2, 0.25) is 0 Å². The molecular formula is C11H14F3NO4S2. The molecule has 10 heteroatoms. The number of nitrogens with one attached hydrogen (secondary N) is 1. The largest absolute Gasteiger partial charge is 0.393 e. The van der Waals surface area contributed by atoms with Crippen LogP contribution in [0.15, 0.2) is 30.3 Å². The highest BCUT2D eigenvalue weighted by molar-refractivity contribution is 8.09. The summed E-state index contributed by atoms with van der Waals surface area (Å²) in [5.41, 5.74) is -0.0134. The van der Waals surface area contributed by atoms with Gasteiger partial charge in [0.25, 0.3) is 10.0 Å².